The highest BCUT2D eigenvalue weighted by atomic mass is 32.2. The number of carbonyl (C=O) groups excluding carboxylic acids is 1. The van der Waals surface area contributed by atoms with E-state index in [1.807, 2.05) is 0 Å². The highest BCUT2D eigenvalue weighted by molar-refractivity contribution is 7.91. The van der Waals surface area contributed by atoms with Crippen molar-refractivity contribution in [2.24, 2.45) is 5.73 Å². The second kappa shape index (κ2) is 13.9. The number of nitrogens with one attached hydrogen (secondary N) is 2. The van der Waals surface area contributed by atoms with E-state index < -0.39 is 64.7 Å². The molecular weight excluding hydrogens is 757 g/mol. The summed E-state index contributed by atoms with van der Waals surface area (Å²) in [5.74, 6) is -0.702. The number of primary amides is 1. The third kappa shape index (κ3) is 6.50. The highest BCUT2D eigenvalue weighted by Crippen LogP contribution is 2.48. The second-order valence-corrected chi connectivity index (χ2v) is 18.6. The molecule has 0 bridgehead atoms. The summed E-state index contributed by atoms with van der Waals surface area (Å²) < 4.78 is 74.4. The third-order valence-electron chi connectivity index (χ3n) is 10.5. The molecular formula is C35H40N8O10S2. The molecule has 4 aromatic rings. The van der Waals surface area contributed by atoms with Gasteiger partial charge in [0, 0.05) is 63.0 Å². The number of nitro groups is 1. The molecule has 4 N–H and O–H groups in total. The van der Waals surface area contributed by atoms with Crippen LogP contribution in [-0.2, 0) is 24.6 Å². The van der Waals surface area contributed by atoms with Crippen LogP contribution in [-0.4, -0.2) is 123 Å². The molecule has 4 aliphatic rings. The maximum atomic E-state index is 14.8. The molecule has 4 aliphatic heterocycles. The molecule has 1 amide bonds. The molecule has 0 saturated carbocycles. The first-order valence-corrected chi connectivity index (χ1v) is 20.9. The number of nitrogens with two attached hydrogens (primary N) is 1. The van der Waals surface area contributed by atoms with Gasteiger partial charge in [0.15, 0.2) is 11.4 Å². The number of hydrogen-bond donors (Lipinski definition) is 3. The quantitative estimate of drug-likeness (QED) is 0.163. The van der Waals surface area contributed by atoms with Crippen molar-refractivity contribution in [3.05, 3.63) is 64.3 Å². The molecule has 292 valence electrons. The van der Waals surface area contributed by atoms with Crippen molar-refractivity contribution in [2.45, 2.75) is 53.5 Å². The van der Waals surface area contributed by atoms with Crippen molar-refractivity contribution >= 4 is 59.6 Å². The van der Waals surface area contributed by atoms with Gasteiger partial charge in [-0.25, -0.2) is 16.8 Å². The van der Waals surface area contributed by atoms with Gasteiger partial charge in [0.2, 0.25) is 25.7 Å². The number of aromatic amines is 1. The Balaban J connectivity index is 1.15. The first-order chi connectivity index (χ1) is 26.2. The van der Waals surface area contributed by atoms with Crippen LogP contribution in [0.15, 0.2) is 58.5 Å². The molecule has 2 aromatic heterocycles. The van der Waals surface area contributed by atoms with Gasteiger partial charge >= 0.3 is 0 Å². The fraction of sp³-hybridized carbons (Fsp3) is 0.429. The minimum absolute atomic E-state index is 0.00564. The molecule has 0 spiro atoms. The summed E-state index contributed by atoms with van der Waals surface area (Å²) in [4.78, 5) is 35.7. The minimum Gasteiger partial charge on any atom is -0.489 e. The Labute approximate surface area is 316 Å². The van der Waals surface area contributed by atoms with E-state index >= 15 is 0 Å². The van der Waals surface area contributed by atoms with Crippen LogP contribution in [0.1, 0.15) is 30.6 Å². The van der Waals surface area contributed by atoms with E-state index in [4.69, 9.17) is 19.9 Å². The molecule has 3 atom stereocenters. The molecule has 0 unspecified atom stereocenters. The number of nitrogens with zero attached hydrogens (tertiary/aromatic N) is 5. The molecule has 55 heavy (non-hydrogen) atoms. The van der Waals surface area contributed by atoms with Gasteiger partial charge in [-0.2, -0.15) is 9.29 Å². The van der Waals surface area contributed by atoms with Gasteiger partial charge in [-0.1, -0.05) is 6.07 Å². The Kier molecular flexibility index (Phi) is 9.35. The van der Waals surface area contributed by atoms with Crippen LogP contribution in [0.25, 0.3) is 11.0 Å². The number of H-pyrrole nitrogens is 1. The van der Waals surface area contributed by atoms with Gasteiger partial charge < -0.3 is 35.1 Å². The molecule has 6 heterocycles. The van der Waals surface area contributed by atoms with Crippen molar-refractivity contribution in [1.82, 2.24) is 19.2 Å². The lowest BCUT2D eigenvalue weighted by Gasteiger charge is -2.45. The lowest BCUT2D eigenvalue weighted by Crippen LogP contribution is -2.53. The molecule has 2 fully saturated rings. The number of fused-ring (bicyclic) bond motifs is 4. The van der Waals surface area contributed by atoms with Crippen LogP contribution in [0.5, 0.6) is 11.6 Å². The number of carbonyl (C=O) groups is 1. The first-order valence-electron chi connectivity index (χ1n) is 17.9. The molecule has 8 rings (SSSR count). The standard InChI is InChI=1S/C35H40N8O10S2/c1-20(2)55(49,50)41-11-9-40(10-12-41)17-22-18-52-28-16-23(15-26(43(45)46)31(28)38-22)54(47,48)30-5-3-4-24(33(36)44)32(30)42-25-7-13-51-19-29(25)53-35-27(42)14-21-6-8-37-34(21)39-35/h3-6,8,14-16,20,22,25,29,38H,7,9-13,17-19H2,1-2H3,(H2,36,44)(H,37,39)/t22-,25+,29+/m1/s1. The summed E-state index contributed by atoms with van der Waals surface area (Å²) in [5, 5.41) is 15.9. The molecule has 2 aromatic carbocycles. The summed E-state index contributed by atoms with van der Waals surface area (Å²) in [5.41, 5.74) is 6.31. The number of aromatic nitrogens is 2. The summed E-state index contributed by atoms with van der Waals surface area (Å²) in [6, 6.07) is 9.12. The van der Waals surface area contributed by atoms with E-state index in [0.717, 1.165) is 6.07 Å². The Hall–Kier alpha value is -5.02. The van der Waals surface area contributed by atoms with Crippen LogP contribution in [0.2, 0.25) is 0 Å². The Bertz CT molecular complexity index is 2410. The fourth-order valence-electron chi connectivity index (χ4n) is 7.69. The van der Waals surface area contributed by atoms with Crippen molar-refractivity contribution < 1.29 is 40.8 Å². The van der Waals surface area contributed by atoms with Crippen LogP contribution in [0.3, 0.4) is 0 Å². The van der Waals surface area contributed by atoms with Gasteiger partial charge in [-0.3, -0.25) is 19.8 Å². The van der Waals surface area contributed by atoms with Gasteiger partial charge in [-0.15, -0.1) is 0 Å². The number of sulfone groups is 1. The van der Waals surface area contributed by atoms with Crippen molar-refractivity contribution in [2.75, 3.05) is 62.8 Å². The van der Waals surface area contributed by atoms with Gasteiger partial charge in [0.05, 0.1) is 49.9 Å². The number of rotatable bonds is 9. The zero-order chi connectivity index (χ0) is 38.8. The van der Waals surface area contributed by atoms with E-state index in [2.05, 4.69) is 20.2 Å². The maximum absolute atomic E-state index is 14.8. The molecule has 2 saturated heterocycles. The average molecular weight is 797 g/mol. The molecule has 18 nitrogen and oxygen atoms in total. The highest BCUT2D eigenvalue weighted by Gasteiger charge is 2.44. The summed E-state index contributed by atoms with van der Waals surface area (Å²) in [6.45, 7) is 5.88. The normalized spacial score (nSPS) is 21.9. The number of piperazine rings is 1. The van der Waals surface area contributed by atoms with Crippen LogP contribution in [0, 0.1) is 10.1 Å². The molecule has 0 aliphatic carbocycles. The number of benzene rings is 2. The van der Waals surface area contributed by atoms with Crippen molar-refractivity contribution in [3.63, 3.8) is 0 Å². The van der Waals surface area contributed by atoms with E-state index in [0.29, 0.717) is 62.5 Å². The fourth-order valence-corrected chi connectivity index (χ4v) is 10.5. The second-order valence-electron chi connectivity index (χ2n) is 14.2. The van der Waals surface area contributed by atoms with Gasteiger partial charge in [0.25, 0.3) is 11.6 Å². The van der Waals surface area contributed by atoms with Crippen LogP contribution >= 0.6 is 0 Å². The lowest BCUT2D eigenvalue weighted by molar-refractivity contribution is -0.384. The Morgan fingerprint density at radius 2 is 1.87 bits per heavy atom. The number of para-hydroxylation sites is 1. The average Bonchev–Trinajstić information content (AvgIpc) is 3.62. The molecule has 0 radical (unpaired) electrons. The maximum Gasteiger partial charge on any atom is 0.297 e. The number of ether oxygens (including phenoxy) is 3. The van der Waals surface area contributed by atoms with E-state index in [1.54, 1.807) is 37.1 Å². The van der Waals surface area contributed by atoms with Gasteiger partial charge in [0.1, 0.15) is 24.0 Å². The van der Waals surface area contributed by atoms with E-state index in [-0.39, 0.29) is 46.7 Å². The van der Waals surface area contributed by atoms with E-state index in [9.17, 15) is 31.7 Å². The zero-order valence-electron chi connectivity index (χ0n) is 30.0. The topological polar surface area (TPSA) is 233 Å². The van der Waals surface area contributed by atoms with E-state index in [1.165, 1.54) is 28.6 Å². The predicted molar refractivity (Wildman–Crippen MR) is 200 cm³/mol. The minimum atomic E-state index is -4.62. The molecule has 20 heteroatoms. The number of sulfonamides is 1. The first kappa shape index (κ1) is 36.9. The SMILES string of the molecule is CC(C)S(=O)(=O)N1CCN(C[C@@H]2COc3cc(S(=O)(=O)c4cccc(C(N)=O)c4N4c5cc6cc[nH]c6nc5O[C@H]5COCC[C@@H]54)cc([N+](=O)[O-])c3N2)CC1. The Morgan fingerprint density at radius 1 is 1.09 bits per heavy atom. The van der Waals surface area contributed by atoms with Gasteiger partial charge in [-0.05, 0) is 44.5 Å². The van der Waals surface area contributed by atoms with Crippen molar-refractivity contribution in [1.29, 1.82) is 0 Å². The third-order valence-corrected chi connectivity index (χ3v) is 14.6. The summed E-state index contributed by atoms with van der Waals surface area (Å²) in [7, 11) is -8.00. The monoisotopic (exact) mass is 796 g/mol. The number of hydrogen-bond acceptors (Lipinski definition) is 14. The zero-order valence-corrected chi connectivity index (χ0v) is 31.6. The smallest absolute Gasteiger partial charge is 0.297 e. The van der Waals surface area contributed by atoms with Crippen molar-refractivity contribution in [3.8, 4) is 11.6 Å². The summed E-state index contributed by atoms with van der Waals surface area (Å²) in [6.07, 6.45) is 1.55. The Morgan fingerprint density at radius 3 is 2.60 bits per heavy atom. The number of nitro benzene ring substituents is 1. The lowest BCUT2D eigenvalue weighted by atomic mass is 9.98. The summed E-state index contributed by atoms with van der Waals surface area (Å²) >= 11 is 0. The number of pyridine rings is 1. The largest absolute Gasteiger partial charge is 0.489 e. The number of anilines is 3. The van der Waals surface area contributed by atoms with Crippen LogP contribution in [0.4, 0.5) is 22.7 Å². The van der Waals surface area contributed by atoms with Crippen LogP contribution < -0.4 is 25.4 Å². The predicted octanol–water partition coefficient (Wildman–Crippen LogP) is 2.62. The number of amides is 1.